The van der Waals surface area contributed by atoms with E-state index in [0.717, 1.165) is 50.0 Å². The number of ether oxygens (including phenoxy) is 1. The SMILES string of the molecule is COc1ccc2c(CCCC(=O)N3CCCC(Cc4ccccc4)C3)c[nH]c2c1. The number of carbonyl (C=O) groups is 1. The number of nitrogens with zero attached hydrogens (tertiary/aromatic N) is 1. The van der Waals surface area contributed by atoms with E-state index >= 15 is 0 Å². The molecular weight excluding hydrogens is 360 g/mol. The van der Waals surface area contributed by atoms with Crippen LogP contribution in [0.15, 0.2) is 54.7 Å². The highest BCUT2D eigenvalue weighted by Gasteiger charge is 2.23. The molecule has 29 heavy (non-hydrogen) atoms. The van der Waals surface area contributed by atoms with Crippen molar-refractivity contribution in [3.63, 3.8) is 0 Å². The van der Waals surface area contributed by atoms with E-state index in [1.165, 1.54) is 22.9 Å². The van der Waals surface area contributed by atoms with E-state index in [-0.39, 0.29) is 0 Å². The fourth-order valence-electron chi connectivity index (χ4n) is 4.49. The van der Waals surface area contributed by atoms with Crippen LogP contribution in [0.4, 0.5) is 0 Å². The molecule has 1 aliphatic heterocycles. The number of piperidine rings is 1. The quantitative estimate of drug-likeness (QED) is 0.618. The molecule has 2 heterocycles. The number of fused-ring (bicyclic) bond motifs is 1. The molecule has 0 spiro atoms. The number of hydrogen-bond acceptors (Lipinski definition) is 2. The number of hydrogen-bond donors (Lipinski definition) is 1. The molecule has 3 aromatic rings. The van der Waals surface area contributed by atoms with E-state index in [4.69, 9.17) is 4.74 Å². The zero-order valence-electron chi connectivity index (χ0n) is 17.2. The van der Waals surface area contributed by atoms with Gasteiger partial charge in [-0.05, 0) is 61.3 Å². The Kier molecular flexibility index (Phi) is 6.18. The van der Waals surface area contributed by atoms with Crippen molar-refractivity contribution >= 4 is 16.8 Å². The predicted molar refractivity (Wildman–Crippen MR) is 117 cm³/mol. The number of nitrogens with one attached hydrogen (secondary N) is 1. The molecule has 4 nitrogen and oxygen atoms in total. The Morgan fingerprint density at radius 3 is 2.90 bits per heavy atom. The maximum atomic E-state index is 12.8. The molecule has 1 amide bonds. The summed E-state index contributed by atoms with van der Waals surface area (Å²) >= 11 is 0. The molecule has 0 radical (unpaired) electrons. The van der Waals surface area contributed by atoms with Gasteiger partial charge < -0.3 is 14.6 Å². The third-order valence-electron chi connectivity index (χ3n) is 6.05. The van der Waals surface area contributed by atoms with Gasteiger partial charge in [0.1, 0.15) is 5.75 Å². The topological polar surface area (TPSA) is 45.3 Å². The third kappa shape index (κ3) is 4.81. The molecule has 1 fully saturated rings. The standard InChI is InChI=1S/C25H30N2O2/c1-29-22-12-13-23-21(17-26-24(23)16-22)10-5-11-25(28)27-14-6-9-20(18-27)15-19-7-3-2-4-8-19/h2-4,7-8,12-13,16-17,20,26H,5-6,9-11,14-15,18H2,1H3. The first-order valence-corrected chi connectivity index (χ1v) is 10.7. The van der Waals surface area contributed by atoms with Gasteiger partial charge in [0.2, 0.25) is 5.91 Å². The van der Waals surface area contributed by atoms with Crippen molar-refractivity contribution in [2.24, 2.45) is 5.92 Å². The van der Waals surface area contributed by atoms with Crippen molar-refractivity contribution in [2.75, 3.05) is 20.2 Å². The number of aryl methyl sites for hydroxylation is 1. The van der Waals surface area contributed by atoms with Crippen molar-refractivity contribution in [2.45, 2.75) is 38.5 Å². The average molecular weight is 391 g/mol. The summed E-state index contributed by atoms with van der Waals surface area (Å²) in [7, 11) is 1.68. The minimum atomic E-state index is 0.310. The molecule has 2 aromatic carbocycles. The highest BCUT2D eigenvalue weighted by molar-refractivity contribution is 5.84. The maximum Gasteiger partial charge on any atom is 0.222 e. The lowest BCUT2D eigenvalue weighted by Gasteiger charge is -2.33. The Labute approximate surface area is 172 Å². The molecule has 0 aliphatic carbocycles. The van der Waals surface area contributed by atoms with Crippen molar-refractivity contribution in [3.05, 3.63) is 65.9 Å². The van der Waals surface area contributed by atoms with Gasteiger partial charge in [-0.3, -0.25) is 4.79 Å². The van der Waals surface area contributed by atoms with Gasteiger partial charge in [-0.25, -0.2) is 0 Å². The third-order valence-corrected chi connectivity index (χ3v) is 6.05. The Hall–Kier alpha value is -2.75. The van der Waals surface area contributed by atoms with Crippen LogP contribution in [0.3, 0.4) is 0 Å². The molecular formula is C25H30N2O2. The summed E-state index contributed by atoms with van der Waals surface area (Å²) < 4.78 is 5.29. The van der Waals surface area contributed by atoms with Gasteiger partial charge in [-0.1, -0.05) is 30.3 Å². The van der Waals surface area contributed by atoms with Crippen LogP contribution in [-0.4, -0.2) is 36.0 Å². The lowest BCUT2D eigenvalue weighted by atomic mass is 9.91. The first-order chi connectivity index (χ1) is 14.2. The molecule has 1 unspecified atom stereocenters. The lowest BCUT2D eigenvalue weighted by molar-refractivity contribution is -0.133. The number of aromatic nitrogens is 1. The summed E-state index contributed by atoms with van der Waals surface area (Å²) in [4.78, 5) is 18.2. The molecule has 4 heteroatoms. The highest BCUT2D eigenvalue weighted by atomic mass is 16.5. The summed E-state index contributed by atoms with van der Waals surface area (Å²) in [5.41, 5.74) is 3.74. The Balaban J connectivity index is 1.28. The first kappa shape index (κ1) is 19.6. The largest absolute Gasteiger partial charge is 0.497 e. The Bertz CT molecular complexity index is 948. The van der Waals surface area contributed by atoms with Crippen LogP contribution in [0.1, 0.15) is 36.8 Å². The summed E-state index contributed by atoms with van der Waals surface area (Å²) in [5, 5.41) is 1.22. The Morgan fingerprint density at radius 1 is 1.21 bits per heavy atom. The maximum absolute atomic E-state index is 12.8. The highest BCUT2D eigenvalue weighted by Crippen LogP contribution is 2.25. The zero-order chi connectivity index (χ0) is 20.1. The predicted octanol–water partition coefficient (Wildman–Crippen LogP) is 4.98. The van der Waals surface area contributed by atoms with Gasteiger partial charge in [0.25, 0.3) is 0 Å². The number of methoxy groups -OCH3 is 1. The second-order valence-corrected chi connectivity index (χ2v) is 8.12. The fraction of sp³-hybridized carbons (Fsp3) is 0.400. The van der Waals surface area contributed by atoms with Crippen LogP contribution >= 0.6 is 0 Å². The van der Waals surface area contributed by atoms with E-state index in [1.807, 2.05) is 12.1 Å². The smallest absolute Gasteiger partial charge is 0.222 e. The molecule has 1 aliphatic rings. The van der Waals surface area contributed by atoms with E-state index < -0.39 is 0 Å². The van der Waals surface area contributed by atoms with Gasteiger partial charge in [-0.15, -0.1) is 0 Å². The minimum absolute atomic E-state index is 0.310. The molecule has 1 saturated heterocycles. The van der Waals surface area contributed by atoms with Crippen LogP contribution in [0.25, 0.3) is 10.9 Å². The first-order valence-electron chi connectivity index (χ1n) is 10.7. The van der Waals surface area contributed by atoms with Gasteiger partial charge in [0.15, 0.2) is 0 Å². The van der Waals surface area contributed by atoms with Crippen molar-refractivity contribution in [3.8, 4) is 5.75 Å². The molecule has 0 saturated carbocycles. The van der Waals surface area contributed by atoms with Crippen LogP contribution in [0.2, 0.25) is 0 Å². The number of aromatic amines is 1. The molecule has 1 atom stereocenters. The minimum Gasteiger partial charge on any atom is -0.497 e. The zero-order valence-corrected chi connectivity index (χ0v) is 17.2. The molecule has 152 valence electrons. The van der Waals surface area contributed by atoms with Gasteiger partial charge in [0.05, 0.1) is 7.11 Å². The second kappa shape index (κ2) is 9.17. The van der Waals surface area contributed by atoms with Crippen LogP contribution in [-0.2, 0) is 17.6 Å². The number of benzene rings is 2. The normalized spacial score (nSPS) is 16.9. The number of carbonyl (C=O) groups excluding carboxylic acids is 1. The fourth-order valence-corrected chi connectivity index (χ4v) is 4.49. The van der Waals surface area contributed by atoms with Gasteiger partial charge in [0, 0.05) is 42.7 Å². The summed E-state index contributed by atoms with van der Waals surface area (Å²) in [6.45, 7) is 1.82. The summed E-state index contributed by atoms with van der Waals surface area (Å²) in [6, 6.07) is 16.7. The number of H-pyrrole nitrogens is 1. The number of rotatable bonds is 7. The van der Waals surface area contributed by atoms with Crippen molar-refractivity contribution < 1.29 is 9.53 Å². The molecule has 1 N–H and O–H groups in total. The molecule has 4 rings (SSSR count). The van der Waals surface area contributed by atoms with E-state index in [9.17, 15) is 4.79 Å². The second-order valence-electron chi connectivity index (χ2n) is 8.12. The van der Waals surface area contributed by atoms with Crippen molar-refractivity contribution in [1.82, 2.24) is 9.88 Å². The van der Waals surface area contributed by atoms with Gasteiger partial charge >= 0.3 is 0 Å². The summed E-state index contributed by atoms with van der Waals surface area (Å²) in [5.74, 6) is 1.75. The van der Waals surface area contributed by atoms with Crippen LogP contribution < -0.4 is 4.74 Å². The van der Waals surface area contributed by atoms with E-state index in [2.05, 4.69) is 52.5 Å². The molecule has 0 bridgehead atoms. The van der Waals surface area contributed by atoms with Crippen LogP contribution in [0.5, 0.6) is 5.75 Å². The van der Waals surface area contributed by atoms with Gasteiger partial charge in [-0.2, -0.15) is 0 Å². The van der Waals surface area contributed by atoms with E-state index in [0.29, 0.717) is 18.2 Å². The lowest BCUT2D eigenvalue weighted by Crippen LogP contribution is -2.40. The monoisotopic (exact) mass is 390 g/mol. The van der Waals surface area contributed by atoms with E-state index in [1.54, 1.807) is 7.11 Å². The molecule has 1 aromatic heterocycles. The summed E-state index contributed by atoms with van der Waals surface area (Å²) in [6.07, 6.45) is 7.90. The Morgan fingerprint density at radius 2 is 2.07 bits per heavy atom. The van der Waals surface area contributed by atoms with Crippen molar-refractivity contribution in [1.29, 1.82) is 0 Å². The number of amides is 1. The number of likely N-dealkylation sites (tertiary alicyclic amines) is 1. The van der Waals surface area contributed by atoms with Crippen LogP contribution in [0, 0.1) is 5.92 Å². The average Bonchev–Trinajstić information content (AvgIpc) is 3.16.